The summed E-state index contributed by atoms with van der Waals surface area (Å²) in [5.41, 5.74) is 13.0. The molecule has 0 saturated carbocycles. The fourth-order valence-corrected chi connectivity index (χ4v) is 9.29. The van der Waals surface area contributed by atoms with Crippen LogP contribution in [-0.4, -0.2) is 0 Å². The molecule has 0 heteroatoms. The van der Waals surface area contributed by atoms with Gasteiger partial charge in [0.15, 0.2) is 0 Å². The molecular weight excluding hydrogens is 637 g/mol. The number of hydrogen-bond donors (Lipinski definition) is 0. The molecule has 0 spiro atoms. The molecule has 0 N–H and O–H groups in total. The quantitative estimate of drug-likeness (QED) is 0.164. The van der Waals surface area contributed by atoms with Gasteiger partial charge >= 0.3 is 0 Å². The summed E-state index contributed by atoms with van der Waals surface area (Å²) in [6, 6.07) is 68.2. The van der Waals surface area contributed by atoms with Gasteiger partial charge in [0.1, 0.15) is 0 Å². The molecule has 1 aliphatic carbocycles. The van der Waals surface area contributed by atoms with E-state index in [0.717, 1.165) is 0 Å². The first-order valence-corrected chi connectivity index (χ1v) is 18.7. The van der Waals surface area contributed by atoms with Crippen LogP contribution in [0.4, 0.5) is 0 Å². The Hall–Kier alpha value is -6.50. The molecule has 0 atom stereocenters. The van der Waals surface area contributed by atoms with Crippen molar-refractivity contribution in [2.45, 2.75) is 19.3 Å². The molecule has 0 saturated heterocycles. The minimum Gasteiger partial charge on any atom is -0.0616 e. The van der Waals surface area contributed by atoms with E-state index in [9.17, 15) is 0 Å². The summed E-state index contributed by atoms with van der Waals surface area (Å²) >= 11 is 0. The van der Waals surface area contributed by atoms with Crippen LogP contribution < -0.4 is 0 Å². The van der Waals surface area contributed by atoms with Gasteiger partial charge in [-0.2, -0.15) is 0 Å². The smallest absolute Gasteiger partial charge is 0.0159 e. The first-order valence-electron chi connectivity index (χ1n) is 18.7. The molecule has 0 aromatic heterocycles. The van der Waals surface area contributed by atoms with Gasteiger partial charge in [0.05, 0.1) is 0 Å². The molecule has 0 unspecified atom stereocenters. The van der Waals surface area contributed by atoms with E-state index < -0.39 is 0 Å². The second kappa shape index (κ2) is 11.2. The highest BCUT2D eigenvalue weighted by Gasteiger charge is 2.35. The van der Waals surface area contributed by atoms with E-state index in [1.807, 2.05) is 0 Å². The Kier molecular flexibility index (Phi) is 6.40. The van der Waals surface area contributed by atoms with Crippen molar-refractivity contribution in [1.29, 1.82) is 0 Å². The predicted molar refractivity (Wildman–Crippen MR) is 228 cm³/mol. The predicted octanol–water partition coefficient (Wildman–Crippen LogP) is 14.8. The molecule has 11 rings (SSSR count). The molecule has 10 aromatic carbocycles. The zero-order valence-electron chi connectivity index (χ0n) is 29.8. The summed E-state index contributed by atoms with van der Waals surface area (Å²) in [4.78, 5) is 0. The zero-order valence-corrected chi connectivity index (χ0v) is 29.8. The van der Waals surface area contributed by atoms with Gasteiger partial charge in [-0.05, 0) is 146 Å². The Labute approximate surface area is 309 Å². The van der Waals surface area contributed by atoms with E-state index in [4.69, 9.17) is 0 Å². The lowest BCUT2D eigenvalue weighted by atomic mass is 9.81. The summed E-state index contributed by atoms with van der Waals surface area (Å²) < 4.78 is 0. The van der Waals surface area contributed by atoms with Crippen molar-refractivity contribution in [1.82, 2.24) is 0 Å². The minimum absolute atomic E-state index is 0.0620. The van der Waals surface area contributed by atoms with E-state index in [1.165, 1.54) is 109 Å². The topological polar surface area (TPSA) is 0 Å². The summed E-state index contributed by atoms with van der Waals surface area (Å²) in [5, 5.41) is 12.7. The third-order valence-corrected chi connectivity index (χ3v) is 12.0. The standard InChI is InChI=1S/C53H36/c1-53(2)49-26-24-40(30-46(49)47-29-37-15-7-8-16-38(37)32-50(47)53)39-23-25-45-48(31-39)52(42-22-20-34-12-4-6-14-36(34)28-42)44-18-10-9-17-43(44)51(45)41-21-19-33-11-3-5-13-35(33)27-41/h3-32H,1-2H3. The third-order valence-electron chi connectivity index (χ3n) is 12.0. The van der Waals surface area contributed by atoms with Crippen LogP contribution in [-0.2, 0) is 5.41 Å². The molecule has 0 amide bonds. The zero-order chi connectivity index (χ0) is 35.3. The van der Waals surface area contributed by atoms with Crippen LogP contribution in [0.15, 0.2) is 182 Å². The van der Waals surface area contributed by atoms with E-state index in [1.54, 1.807) is 0 Å². The normalized spacial score (nSPS) is 13.2. The summed E-state index contributed by atoms with van der Waals surface area (Å²) in [5.74, 6) is 0. The number of fused-ring (bicyclic) bond motifs is 8. The average Bonchev–Trinajstić information content (AvgIpc) is 3.42. The SMILES string of the molecule is CC1(C)c2ccc(-c3ccc4c(-c5ccc6ccccc6c5)c5ccccc5c(-c5ccc6ccccc6c5)c4c3)cc2-c2cc3ccccc3cc21. The lowest BCUT2D eigenvalue weighted by molar-refractivity contribution is 0.661. The van der Waals surface area contributed by atoms with Crippen LogP contribution in [0.5, 0.6) is 0 Å². The lowest BCUT2D eigenvalue weighted by Crippen LogP contribution is -2.14. The Morgan fingerprint density at radius 1 is 0.283 bits per heavy atom. The van der Waals surface area contributed by atoms with Crippen molar-refractivity contribution in [3.63, 3.8) is 0 Å². The molecule has 0 bridgehead atoms. The molecule has 0 fully saturated rings. The molecule has 0 aliphatic heterocycles. The maximum atomic E-state index is 2.46. The lowest BCUT2D eigenvalue weighted by Gasteiger charge is -2.22. The van der Waals surface area contributed by atoms with Gasteiger partial charge in [0, 0.05) is 5.41 Å². The monoisotopic (exact) mass is 672 g/mol. The minimum atomic E-state index is -0.0620. The van der Waals surface area contributed by atoms with E-state index in [2.05, 4.69) is 196 Å². The van der Waals surface area contributed by atoms with Crippen LogP contribution in [0.25, 0.3) is 98.4 Å². The number of benzene rings is 10. The molecule has 248 valence electrons. The van der Waals surface area contributed by atoms with Gasteiger partial charge in [-0.3, -0.25) is 0 Å². The molecule has 0 radical (unpaired) electrons. The third kappa shape index (κ3) is 4.55. The number of rotatable bonds is 3. The fraction of sp³-hybridized carbons (Fsp3) is 0.0566. The second-order valence-electron chi connectivity index (χ2n) is 15.3. The highest BCUT2D eigenvalue weighted by atomic mass is 14.4. The van der Waals surface area contributed by atoms with Gasteiger partial charge in [0.25, 0.3) is 0 Å². The molecular formula is C53H36. The Morgan fingerprint density at radius 3 is 1.34 bits per heavy atom. The molecule has 10 aromatic rings. The highest BCUT2D eigenvalue weighted by Crippen LogP contribution is 2.51. The van der Waals surface area contributed by atoms with Crippen LogP contribution in [0, 0.1) is 0 Å². The Balaban J connectivity index is 1.19. The molecule has 1 aliphatic rings. The van der Waals surface area contributed by atoms with Gasteiger partial charge in [-0.1, -0.05) is 159 Å². The van der Waals surface area contributed by atoms with Crippen molar-refractivity contribution in [2.75, 3.05) is 0 Å². The van der Waals surface area contributed by atoms with Crippen molar-refractivity contribution in [3.8, 4) is 44.5 Å². The van der Waals surface area contributed by atoms with Crippen LogP contribution >= 0.6 is 0 Å². The average molecular weight is 673 g/mol. The molecule has 53 heavy (non-hydrogen) atoms. The fourth-order valence-electron chi connectivity index (χ4n) is 9.29. The molecule has 0 heterocycles. The summed E-state index contributed by atoms with van der Waals surface area (Å²) in [6.07, 6.45) is 0. The van der Waals surface area contributed by atoms with Crippen molar-refractivity contribution in [3.05, 3.63) is 193 Å². The van der Waals surface area contributed by atoms with Crippen molar-refractivity contribution >= 4 is 53.9 Å². The van der Waals surface area contributed by atoms with E-state index in [0.29, 0.717) is 0 Å². The maximum absolute atomic E-state index is 2.46. The van der Waals surface area contributed by atoms with E-state index in [-0.39, 0.29) is 5.41 Å². The summed E-state index contributed by atoms with van der Waals surface area (Å²) in [6.45, 7) is 4.74. The van der Waals surface area contributed by atoms with Crippen LogP contribution in [0.1, 0.15) is 25.0 Å². The van der Waals surface area contributed by atoms with Crippen LogP contribution in [0.2, 0.25) is 0 Å². The second-order valence-corrected chi connectivity index (χ2v) is 15.3. The number of hydrogen-bond acceptors (Lipinski definition) is 0. The van der Waals surface area contributed by atoms with Crippen molar-refractivity contribution in [2.24, 2.45) is 0 Å². The first kappa shape index (κ1) is 30.2. The van der Waals surface area contributed by atoms with Gasteiger partial charge in [0.2, 0.25) is 0 Å². The highest BCUT2D eigenvalue weighted by molar-refractivity contribution is 6.22. The summed E-state index contributed by atoms with van der Waals surface area (Å²) in [7, 11) is 0. The van der Waals surface area contributed by atoms with Gasteiger partial charge < -0.3 is 0 Å². The maximum Gasteiger partial charge on any atom is 0.0159 e. The van der Waals surface area contributed by atoms with E-state index >= 15 is 0 Å². The molecule has 0 nitrogen and oxygen atoms in total. The van der Waals surface area contributed by atoms with Gasteiger partial charge in [-0.15, -0.1) is 0 Å². The van der Waals surface area contributed by atoms with Gasteiger partial charge in [-0.25, -0.2) is 0 Å². The first-order chi connectivity index (χ1) is 26.0. The van der Waals surface area contributed by atoms with Crippen LogP contribution in [0.3, 0.4) is 0 Å². The van der Waals surface area contributed by atoms with Crippen molar-refractivity contribution < 1.29 is 0 Å². The Morgan fingerprint density at radius 2 is 0.717 bits per heavy atom. The largest absolute Gasteiger partial charge is 0.0616 e. The Bertz CT molecular complexity index is 3140.